The molecule has 7 nitrogen and oxygen atoms in total. The Kier molecular flexibility index (Phi) is 4.71. The second-order valence-electron chi connectivity index (χ2n) is 3.84. The molecule has 0 fully saturated rings. The van der Waals surface area contributed by atoms with Gasteiger partial charge >= 0.3 is 11.7 Å². The molecular formula is C10H15N3O4S. The summed E-state index contributed by atoms with van der Waals surface area (Å²) in [6.45, 7) is 5.65. The average Bonchev–Trinajstić information content (AvgIpc) is 2.53. The molecule has 1 unspecified atom stereocenters. The minimum atomic E-state index is -0.920. The molecule has 18 heavy (non-hydrogen) atoms. The number of hydrogen-bond acceptors (Lipinski definition) is 5. The fraction of sp³-hybridized carbons (Fsp3) is 0.600. The Hall–Kier alpha value is -1.57. The van der Waals surface area contributed by atoms with Gasteiger partial charge in [0.15, 0.2) is 5.03 Å². The zero-order valence-corrected chi connectivity index (χ0v) is 11.2. The molecule has 1 aromatic heterocycles. The number of rotatable bonds is 6. The molecule has 0 aliphatic heterocycles. The lowest BCUT2D eigenvalue weighted by Crippen LogP contribution is -2.08. The number of nitrogens with zero attached hydrogens (tertiary/aromatic N) is 3. The lowest BCUT2D eigenvalue weighted by atomic mass is 10.3. The van der Waals surface area contributed by atoms with Crippen LogP contribution in [-0.4, -0.2) is 31.0 Å². The Morgan fingerprint density at radius 2 is 2.28 bits per heavy atom. The summed E-state index contributed by atoms with van der Waals surface area (Å²) in [4.78, 5) is 21.1. The zero-order valence-electron chi connectivity index (χ0n) is 10.4. The summed E-state index contributed by atoms with van der Waals surface area (Å²) in [5, 5.41) is 24.0. The average molecular weight is 273 g/mol. The highest BCUT2D eigenvalue weighted by molar-refractivity contribution is 8.00. The number of aliphatic carboxylic acids is 1. The van der Waals surface area contributed by atoms with E-state index in [-0.39, 0.29) is 17.4 Å². The van der Waals surface area contributed by atoms with Gasteiger partial charge in [0.2, 0.25) is 0 Å². The van der Waals surface area contributed by atoms with Gasteiger partial charge in [0.25, 0.3) is 0 Å². The van der Waals surface area contributed by atoms with Crippen molar-refractivity contribution in [2.75, 3.05) is 0 Å². The van der Waals surface area contributed by atoms with Crippen LogP contribution in [-0.2, 0) is 11.3 Å². The van der Waals surface area contributed by atoms with Crippen LogP contribution in [0.1, 0.15) is 26.0 Å². The largest absolute Gasteiger partial charge is 0.481 e. The molecule has 100 valence electrons. The minimum Gasteiger partial charge on any atom is -0.481 e. The molecule has 0 aliphatic rings. The summed E-state index contributed by atoms with van der Waals surface area (Å²) in [5.74, 6) is -0.920. The van der Waals surface area contributed by atoms with Crippen molar-refractivity contribution in [1.29, 1.82) is 0 Å². The molecule has 0 bridgehead atoms. The SMILES string of the molecule is CCn1nc(C)c([N+](=O)[O-])c1SC(C)CC(=O)O. The number of thioether (sulfide) groups is 1. The van der Waals surface area contributed by atoms with Crippen molar-refractivity contribution in [3.8, 4) is 0 Å². The summed E-state index contributed by atoms with van der Waals surface area (Å²) >= 11 is 1.18. The third-order valence-corrected chi connectivity index (χ3v) is 3.50. The van der Waals surface area contributed by atoms with Crippen LogP contribution < -0.4 is 0 Å². The molecule has 1 aromatic rings. The van der Waals surface area contributed by atoms with Crippen molar-refractivity contribution in [2.45, 2.75) is 44.0 Å². The minimum absolute atomic E-state index is 0.0286. The molecule has 8 heteroatoms. The second-order valence-corrected chi connectivity index (χ2v) is 5.27. The van der Waals surface area contributed by atoms with Gasteiger partial charge in [-0.1, -0.05) is 18.7 Å². The van der Waals surface area contributed by atoms with E-state index in [9.17, 15) is 14.9 Å². The molecule has 0 aromatic carbocycles. The van der Waals surface area contributed by atoms with E-state index in [0.717, 1.165) is 0 Å². The molecule has 0 saturated carbocycles. The zero-order chi connectivity index (χ0) is 13.9. The van der Waals surface area contributed by atoms with Gasteiger partial charge < -0.3 is 5.11 Å². The highest BCUT2D eigenvalue weighted by Crippen LogP contribution is 2.35. The van der Waals surface area contributed by atoms with Crippen LogP contribution in [0.5, 0.6) is 0 Å². The third-order valence-electron chi connectivity index (χ3n) is 2.31. The number of hydrogen-bond donors (Lipinski definition) is 1. The van der Waals surface area contributed by atoms with Crippen molar-refractivity contribution in [1.82, 2.24) is 9.78 Å². The molecule has 1 atom stereocenters. The van der Waals surface area contributed by atoms with E-state index in [1.807, 2.05) is 6.92 Å². The Labute approximate surface area is 108 Å². The van der Waals surface area contributed by atoms with Crippen LogP contribution in [0.15, 0.2) is 5.03 Å². The van der Waals surface area contributed by atoms with E-state index in [4.69, 9.17) is 5.11 Å². The predicted molar refractivity (Wildman–Crippen MR) is 66.9 cm³/mol. The topological polar surface area (TPSA) is 98.3 Å². The predicted octanol–water partition coefficient (Wildman–Crippen LogP) is 2.07. The van der Waals surface area contributed by atoms with E-state index in [2.05, 4.69) is 5.10 Å². The number of carbonyl (C=O) groups is 1. The quantitative estimate of drug-likeness (QED) is 0.484. The first-order valence-electron chi connectivity index (χ1n) is 5.47. The molecule has 0 spiro atoms. The highest BCUT2D eigenvalue weighted by Gasteiger charge is 2.27. The third kappa shape index (κ3) is 3.22. The van der Waals surface area contributed by atoms with Gasteiger partial charge in [-0.15, -0.1) is 0 Å². The van der Waals surface area contributed by atoms with Crippen molar-refractivity contribution >= 4 is 23.4 Å². The standard InChI is InChI=1S/C10H15N3O4S/c1-4-12-10(18-6(2)5-8(14)15)9(13(16)17)7(3)11-12/h6H,4-5H2,1-3H3,(H,14,15). The summed E-state index contributed by atoms with van der Waals surface area (Å²) in [5.41, 5.74) is 0.325. The fourth-order valence-corrected chi connectivity index (χ4v) is 2.80. The van der Waals surface area contributed by atoms with Gasteiger partial charge in [0.05, 0.1) is 11.3 Å². The Morgan fingerprint density at radius 3 is 2.72 bits per heavy atom. The van der Waals surface area contributed by atoms with Crippen molar-refractivity contribution < 1.29 is 14.8 Å². The number of carboxylic acid groups (broad SMARTS) is 1. The number of nitro groups is 1. The van der Waals surface area contributed by atoms with Gasteiger partial charge in [0, 0.05) is 11.8 Å². The number of aryl methyl sites for hydroxylation is 2. The maximum absolute atomic E-state index is 11.0. The van der Waals surface area contributed by atoms with E-state index < -0.39 is 10.9 Å². The first-order valence-corrected chi connectivity index (χ1v) is 6.35. The molecule has 1 N–H and O–H groups in total. The van der Waals surface area contributed by atoms with E-state index in [1.54, 1.807) is 13.8 Å². The van der Waals surface area contributed by atoms with Crippen LogP contribution in [0.4, 0.5) is 5.69 Å². The van der Waals surface area contributed by atoms with Crippen molar-refractivity contribution in [3.05, 3.63) is 15.8 Å². The van der Waals surface area contributed by atoms with Crippen LogP contribution in [0, 0.1) is 17.0 Å². The molecule has 1 rings (SSSR count). The van der Waals surface area contributed by atoms with Crippen LogP contribution in [0.3, 0.4) is 0 Å². The van der Waals surface area contributed by atoms with Gasteiger partial charge in [-0.05, 0) is 13.8 Å². The molecule has 0 saturated heterocycles. The number of aromatic nitrogens is 2. The molecule has 0 amide bonds. The summed E-state index contributed by atoms with van der Waals surface area (Å²) in [7, 11) is 0. The Morgan fingerprint density at radius 1 is 1.67 bits per heavy atom. The molecule has 0 radical (unpaired) electrons. The van der Waals surface area contributed by atoms with Gasteiger partial charge in [0.1, 0.15) is 5.69 Å². The summed E-state index contributed by atoms with van der Waals surface area (Å²) in [6.07, 6.45) is -0.0459. The van der Waals surface area contributed by atoms with Crippen LogP contribution in [0.25, 0.3) is 0 Å². The van der Waals surface area contributed by atoms with Crippen molar-refractivity contribution in [2.24, 2.45) is 0 Å². The van der Waals surface area contributed by atoms with Crippen LogP contribution >= 0.6 is 11.8 Å². The fourth-order valence-electron chi connectivity index (χ4n) is 1.57. The lowest BCUT2D eigenvalue weighted by molar-refractivity contribution is -0.388. The van der Waals surface area contributed by atoms with E-state index in [1.165, 1.54) is 16.4 Å². The maximum atomic E-state index is 11.0. The lowest BCUT2D eigenvalue weighted by Gasteiger charge is -2.08. The Bertz CT molecular complexity index is 472. The van der Waals surface area contributed by atoms with Gasteiger partial charge in [-0.25, -0.2) is 0 Å². The molecule has 0 aliphatic carbocycles. The van der Waals surface area contributed by atoms with Gasteiger partial charge in [-0.3, -0.25) is 19.6 Å². The molecule has 1 heterocycles. The van der Waals surface area contributed by atoms with Crippen LogP contribution in [0.2, 0.25) is 0 Å². The van der Waals surface area contributed by atoms with E-state index in [0.29, 0.717) is 17.3 Å². The monoisotopic (exact) mass is 273 g/mol. The first kappa shape index (κ1) is 14.5. The summed E-state index contributed by atoms with van der Waals surface area (Å²) in [6, 6.07) is 0. The second kappa shape index (κ2) is 5.85. The maximum Gasteiger partial charge on any atom is 0.323 e. The van der Waals surface area contributed by atoms with Gasteiger partial charge in [-0.2, -0.15) is 5.10 Å². The van der Waals surface area contributed by atoms with E-state index >= 15 is 0 Å². The first-order chi connectivity index (χ1) is 8.36. The smallest absolute Gasteiger partial charge is 0.323 e. The van der Waals surface area contributed by atoms with Crippen molar-refractivity contribution in [3.63, 3.8) is 0 Å². The molecular weight excluding hydrogens is 258 g/mol. The number of carboxylic acids is 1. The summed E-state index contributed by atoms with van der Waals surface area (Å²) < 4.78 is 1.54. The Balaban J connectivity index is 3.05. The normalized spacial score (nSPS) is 12.4. The highest BCUT2D eigenvalue weighted by atomic mass is 32.2.